The molecule has 0 bridgehead atoms. The highest BCUT2D eigenvalue weighted by atomic mass is 16.5. The van der Waals surface area contributed by atoms with Crippen molar-refractivity contribution >= 4 is 0 Å². The van der Waals surface area contributed by atoms with Gasteiger partial charge < -0.3 is 14.6 Å². The summed E-state index contributed by atoms with van der Waals surface area (Å²) in [5.74, 6) is 0.946. The van der Waals surface area contributed by atoms with E-state index < -0.39 is 6.10 Å². The predicted molar refractivity (Wildman–Crippen MR) is 73.5 cm³/mol. The Labute approximate surface area is 114 Å². The SMILES string of the molecule is CC1CCC(C(O)c2ccc3c(c2)C(C)(C)CO3)O1. The highest BCUT2D eigenvalue weighted by molar-refractivity contribution is 5.45. The summed E-state index contributed by atoms with van der Waals surface area (Å²) in [7, 11) is 0. The fraction of sp³-hybridized carbons (Fsp3) is 0.625. The largest absolute Gasteiger partial charge is 0.492 e. The van der Waals surface area contributed by atoms with Gasteiger partial charge in [0.25, 0.3) is 0 Å². The zero-order valence-corrected chi connectivity index (χ0v) is 11.8. The highest BCUT2D eigenvalue weighted by Crippen LogP contribution is 2.40. The third kappa shape index (κ3) is 2.26. The first-order valence-corrected chi connectivity index (χ1v) is 7.08. The third-order valence-corrected chi connectivity index (χ3v) is 4.28. The molecular formula is C16H22O3. The van der Waals surface area contributed by atoms with Crippen molar-refractivity contribution < 1.29 is 14.6 Å². The second kappa shape index (κ2) is 4.50. The molecule has 2 aliphatic rings. The molecule has 19 heavy (non-hydrogen) atoms. The molecule has 1 aromatic rings. The number of rotatable bonds is 2. The molecule has 104 valence electrons. The minimum atomic E-state index is -0.536. The van der Waals surface area contributed by atoms with Crippen LogP contribution in [0.4, 0.5) is 0 Å². The summed E-state index contributed by atoms with van der Waals surface area (Å²) in [6.07, 6.45) is 1.61. The maximum Gasteiger partial charge on any atom is 0.123 e. The van der Waals surface area contributed by atoms with Crippen LogP contribution in [0.25, 0.3) is 0 Å². The van der Waals surface area contributed by atoms with Crippen molar-refractivity contribution in [3.63, 3.8) is 0 Å². The number of aliphatic hydroxyl groups is 1. The van der Waals surface area contributed by atoms with Crippen LogP contribution in [0.5, 0.6) is 5.75 Å². The van der Waals surface area contributed by atoms with E-state index >= 15 is 0 Å². The number of benzene rings is 1. The van der Waals surface area contributed by atoms with Crippen LogP contribution in [-0.4, -0.2) is 23.9 Å². The summed E-state index contributed by atoms with van der Waals surface area (Å²) in [5.41, 5.74) is 2.15. The molecule has 1 N–H and O–H groups in total. The minimum Gasteiger partial charge on any atom is -0.492 e. The number of fused-ring (bicyclic) bond motifs is 1. The summed E-state index contributed by atoms with van der Waals surface area (Å²) < 4.78 is 11.4. The lowest BCUT2D eigenvalue weighted by atomic mass is 9.85. The van der Waals surface area contributed by atoms with Gasteiger partial charge in [-0.05, 0) is 37.5 Å². The second-order valence-electron chi connectivity index (χ2n) is 6.44. The van der Waals surface area contributed by atoms with Crippen LogP contribution in [0, 0.1) is 0 Å². The molecule has 3 atom stereocenters. The Morgan fingerprint density at radius 2 is 2.11 bits per heavy atom. The van der Waals surface area contributed by atoms with Crippen molar-refractivity contribution in [3.8, 4) is 5.75 Å². The van der Waals surface area contributed by atoms with E-state index in [0.29, 0.717) is 6.61 Å². The zero-order chi connectivity index (χ0) is 13.6. The molecule has 3 heteroatoms. The molecular weight excluding hydrogens is 240 g/mol. The van der Waals surface area contributed by atoms with Crippen molar-refractivity contribution in [2.45, 2.75) is 57.3 Å². The van der Waals surface area contributed by atoms with Crippen molar-refractivity contribution in [2.24, 2.45) is 0 Å². The zero-order valence-electron chi connectivity index (χ0n) is 11.8. The van der Waals surface area contributed by atoms with Gasteiger partial charge in [-0.1, -0.05) is 19.9 Å². The topological polar surface area (TPSA) is 38.7 Å². The molecule has 1 saturated heterocycles. The Morgan fingerprint density at radius 3 is 2.79 bits per heavy atom. The summed E-state index contributed by atoms with van der Waals surface area (Å²) in [6, 6.07) is 6.01. The Balaban J connectivity index is 1.86. The lowest BCUT2D eigenvalue weighted by Crippen LogP contribution is -2.20. The van der Waals surface area contributed by atoms with Crippen LogP contribution in [-0.2, 0) is 10.2 Å². The fourth-order valence-corrected chi connectivity index (χ4v) is 3.00. The molecule has 1 aromatic carbocycles. The van der Waals surface area contributed by atoms with Crippen molar-refractivity contribution in [1.29, 1.82) is 0 Å². The standard InChI is InChI=1S/C16H22O3/c1-10-4-6-14(19-10)15(17)11-5-7-13-12(8-11)16(2,3)9-18-13/h5,7-8,10,14-15,17H,4,6,9H2,1-3H3. The van der Waals surface area contributed by atoms with Crippen molar-refractivity contribution in [1.82, 2.24) is 0 Å². The van der Waals surface area contributed by atoms with E-state index in [9.17, 15) is 5.11 Å². The average molecular weight is 262 g/mol. The van der Waals surface area contributed by atoms with Gasteiger partial charge in [-0.3, -0.25) is 0 Å². The number of hydrogen-bond acceptors (Lipinski definition) is 3. The maximum atomic E-state index is 10.5. The minimum absolute atomic E-state index is 0.0227. The number of ether oxygens (including phenoxy) is 2. The molecule has 0 spiro atoms. The molecule has 3 unspecified atom stereocenters. The molecule has 0 saturated carbocycles. The monoisotopic (exact) mass is 262 g/mol. The lowest BCUT2D eigenvalue weighted by Gasteiger charge is -2.21. The van der Waals surface area contributed by atoms with E-state index in [2.05, 4.69) is 26.8 Å². The van der Waals surface area contributed by atoms with Crippen LogP contribution in [0.2, 0.25) is 0 Å². The van der Waals surface area contributed by atoms with Crippen LogP contribution >= 0.6 is 0 Å². The Kier molecular flexibility index (Phi) is 3.06. The average Bonchev–Trinajstić information content (AvgIpc) is 2.93. The van der Waals surface area contributed by atoms with E-state index in [-0.39, 0.29) is 17.6 Å². The van der Waals surface area contributed by atoms with Gasteiger partial charge in [-0.15, -0.1) is 0 Å². The van der Waals surface area contributed by atoms with Gasteiger partial charge >= 0.3 is 0 Å². The molecule has 3 rings (SSSR count). The van der Waals surface area contributed by atoms with Crippen LogP contribution in [0.3, 0.4) is 0 Å². The Bertz CT molecular complexity index is 481. The van der Waals surface area contributed by atoms with Gasteiger partial charge in [0.15, 0.2) is 0 Å². The van der Waals surface area contributed by atoms with Gasteiger partial charge in [0.1, 0.15) is 11.9 Å². The Morgan fingerprint density at radius 1 is 1.32 bits per heavy atom. The van der Waals surface area contributed by atoms with E-state index in [0.717, 1.165) is 24.2 Å². The maximum absolute atomic E-state index is 10.5. The molecule has 0 radical (unpaired) electrons. The first-order valence-electron chi connectivity index (χ1n) is 7.08. The quantitative estimate of drug-likeness (QED) is 0.890. The van der Waals surface area contributed by atoms with Crippen LogP contribution in [0.15, 0.2) is 18.2 Å². The fourth-order valence-electron chi connectivity index (χ4n) is 3.00. The summed E-state index contributed by atoms with van der Waals surface area (Å²) in [6.45, 7) is 7.11. The molecule has 2 heterocycles. The van der Waals surface area contributed by atoms with E-state index in [1.54, 1.807) is 0 Å². The van der Waals surface area contributed by atoms with E-state index in [1.165, 1.54) is 5.56 Å². The first kappa shape index (κ1) is 12.9. The van der Waals surface area contributed by atoms with E-state index in [1.807, 2.05) is 12.1 Å². The molecule has 0 aliphatic carbocycles. The summed E-state index contributed by atoms with van der Waals surface area (Å²) >= 11 is 0. The molecule has 0 amide bonds. The van der Waals surface area contributed by atoms with Crippen LogP contribution < -0.4 is 4.74 Å². The molecule has 0 aromatic heterocycles. The predicted octanol–water partition coefficient (Wildman–Crippen LogP) is 2.96. The van der Waals surface area contributed by atoms with Gasteiger partial charge in [0.05, 0.1) is 18.8 Å². The van der Waals surface area contributed by atoms with Gasteiger partial charge in [-0.25, -0.2) is 0 Å². The molecule has 3 nitrogen and oxygen atoms in total. The highest BCUT2D eigenvalue weighted by Gasteiger charge is 2.34. The van der Waals surface area contributed by atoms with Gasteiger partial charge in [0, 0.05) is 11.0 Å². The summed E-state index contributed by atoms with van der Waals surface area (Å²) in [5, 5.41) is 10.5. The molecule has 1 fully saturated rings. The third-order valence-electron chi connectivity index (χ3n) is 4.28. The van der Waals surface area contributed by atoms with E-state index in [4.69, 9.17) is 9.47 Å². The summed E-state index contributed by atoms with van der Waals surface area (Å²) in [4.78, 5) is 0. The lowest BCUT2D eigenvalue weighted by molar-refractivity contribution is -0.0297. The normalized spacial score (nSPS) is 29.9. The molecule has 2 aliphatic heterocycles. The smallest absolute Gasteiger partial charge is 0.123 e. The van der Waals surface area contributed by atoms with Crippen LogP contribution in [0.1, 0.15) is 50.8 Å². The van der Waals surface area contributed by atoms with Gasteiger partial charge in [-0.2, -0.15) is 0 Å². The first-order chi connectivity index (χ1) is 8.97. The number of hydrogen-bond donors (Lipinski definition) is 1. The van der Waals surface area contributed by atoms with Gasteiger partial charge in [0.2, 0.25) is 0 Å². The van der Waals surface area contributed by atoms with Crippen molar-refractivity contribution in [2.75, 3.05) is 6.61 Å². The second-order valence-corrected chi connectivity index (χ2v) is 6.44. The Hall–Kier alpha value is -1.06. The number of aliphatic hydroxyl groups excluding tert-OH is 1. The van der Waals surface area contributed by atoms with Crippen molar-refractivity contribution in [3.05, 3.63) is 29.3 Å².